The third kappa shape index (κ3) is 3.09. The number of amides is 1. The second-order valence-corrected chi connectivity index (χ2v) is 6.60. The first-order chi connectivity index (χ1) is 12.1. The molecule has 1 unspecified atom stereocenters. The molecule has 0 fully saturated rings. The Labute approximate surface area is 146 Å². The van der Waals surface area contributed by atoms with E-state index in [0.29, 0.717) is 17.9 Å². The molecule has 0 saturated carbocycles. The number of nitrogens with zero attached hydrogens (tertiary/aromatic N) is 1. The average molecular weight is 336 g/mol. The van der Waals surface area contributed by atoms with Gasteiger partial charge in [0.1, 0.15) is 11.4 Å². The van der Waals surface area contributed by atoms with Crippen molar-refractivity contribution in [3.05, 3.63) is 58.8 Å². The zero-order valence-corrected chi connectivity index (χ0v) is 14.3. The quantitative estimate of drug-likeness (QED) is 0.793. The number of aromatic nitrogens is 1. The van der Waals surface area contributed by atoms with Crippen LogP contribution in [0.1, 0.15) is 34.8 Å². The van der Waals surface area contributed by atoms with Crippen molar-refractivity contribution in [3.8, 4) is 5.75 Å². The van der Waals surface area contributed by atoms with Gasteiger partial charge in [-0.2, -0.15) is 0 Å². The maximum absolute atomic E-state index is 12.6. The number of fused-ring (bicyclic) bond motifs is 2. The number of benzene rings is 2. The molecular weight excluding hydrogens is 316 g/mol. The summed E-state index contributed by atoms with van der Waals surface area (Å²) in [7, 11) is 0. The predicted octanol–water partition coefficient (Wildman–Crippen LogP) is 3.63. The van der Waals surface area contributed by atoms with Crippen molar-refractivity contribution in [1.29, 1.82) is 0 Å². The zero-order valence-electron chi connectivity index (χ0n) is 14.3. The summed E-state index contributed by atoms with van der Waals surface area (Å²) in [5.41, 5.74) is 4.70. The molecule has 1 aliphatic heterocycles. The van der Waals surface area contributed by atoms with E-state index in [2.05, 4.69) is 16.5 Å². The fourth-order valence-corrected chi connectivity index (χ4v) is 3.29. The molecule has 4 rings (SSSR count). The van der Waals surface area contributed by atoms with Crippen molar-refractivity contribution in [2.45, 2.75) is 32.7 Å². The highest BCUT2D eigenvalue weighted by Gasteiger charge is 2.24. The van der Waals surface area contributed by atoms with Gasteiger partial charge >= 0.3 is 0 Å². The highest BCUT2D eigenvalue weighted by Crippen LogP contribution is 2.32. The number of carbonyl (C=O) groups excluding carboxylic acids is 1. The highest BCUT2D eigenvalue weighted by molar-refractivity contribution is 5.86. The van der Waals surface area contributed by atoms with Crippen LogP contribution < -0.4 is 10.1 Å². The largest absolute Gasteiger partial charge is 0.493 e. The first kappa shape index (κ1) is 15.7. The van der Waals surface area contributed by atoms with Gasteiger partial charge < -0.3 is 14.6 Å². The summed E-state index contributed by atoms with van der Waals surface area (Å²) in [5.74, 6) is 0.792. The van der Waals surface area contributed by atoms with E-state index in [4.69, 9.17) is 9.26 Å². The van der Waals surface area contributed by atoms with E-state index in [9.17, 15) is 4.79 Å². The van der Waals surface area contributed by atoms with Gasteiger partial charge in [0.15, 0.2) is 5.58 Å². The van der Waals surface area contributed by atoms with Gasteiger partial charge in [0.2, 0.25) is 5.91 Å². The van der Waals surface area contributed by atoms with E-state index in [0.717, 1.165) is 34.2 Å². The van der Waals surface area contributed by atoms with Gasteiger partial charge in [-0.05, 0) is 32.0 Å². The molecular formula is C20H20N2O3. The standard InChI is InChI=1S/C20H20N2O3/c1-12-3-5-18-14(9-12)16(7-8-24-18)21-20(23)11-17-15-10-13(2)4-6-19(15)25-22-17/h3-6,9-10,16H,7-8,11H2,1-2H3,(H,21,23). The Morgan fingerprint density at radius 3 is 2.88 bits per heavy atom. The normalized spacial score (nSPS) is 16.3. The summed E-state index contributed by atoms with van der Waals surface area (Å²) in [5, 5.41) is 8.09. The van der Waals surface area contributed by atoms with Crippen LogP contribution in [0.5, 0.6) is 5.75 Å². The van der Waals surface area contributed by atoms with E-state index >= 15 is 0 Å². The first-order valence-corrected chi connectivity index (χ1v) is 8.48. The Kier molecular flexibility index (Phi) is 3.92. The smallest absolute Gasteiger partial charge is 0.226 e. The first-order valence-electron chi connectivity index (χ1n) is 8.48. The minimum Gasteiger partial charge on any atom is -0.493 e. The summed E-state index contributed by atoms with van der Waals surface area (Å²) >= 11 is 0. The van der Waals surface area contributed by atoms with Crippen molar-refractivity contribution in [2.75, 3.05) is 6.61 Å². The van der Waals surface area contributed by atoms with Gasteiger partial charge in [0.05, 0.1) is 19.1 Å². The topological polar surface area (TPSA) is 64.4 Å². The summed E-state index contributed by atoms with van der Waals surface area (Å²) in [4.78, 5) is 12.6. The summed E-state index contributed by atoms with van der Waals surface area (Å²) in [6.45, 7) is 4.66. The van der Waals surface area contributed by atoms with Gasteiger partial charge in [-0.15, -0.1) is 0 Å². The van der Waals surface area contributed by atoms with Gasteiger partial charge in [0, 0.05) is 17.4 Å². The third-order valence-electron chi connectivity index (χ3n) is 4.57. The van der Waals surface area contributed by atoms with E-state index in [1.54, 1.807) is 0 Å². The third-order valence-corrected chi connectivity index (χ3v) is 4.57. The van der Waals surface area contributed by atoms with Gasteiger partial charge in [0.25, 0.3) is 0 Å². The Morgan fingerprint density at radius 2 is 2.00 bits per heavy atom. The molecule has 0 radical (unpaired) electrons. The molecule has 5 heteroatoms. The van der Waals surface area contributed by atoms with Crippen molar-refractivity contribution >= 4 is 16.9 Å². The van der Waals surface area contributed by atoms with Crippen LogP contribution >= 0.6 is 0 Å². The lowest BCUT2D eigenvalue weighted by molar-refractivity contribution is -0.121. The molecule has 1 aromatic heterocycles. The van der Waals surface area contributed by atoms with Crippen molar-refractivity contribution < 1.29 is 14.1 Å². The van der Waals surface area contributed by atoms with Crippen LogP contribution in [0, 0.1) is 13.8 Å². The molecule has 1 N–H and O–H groups in total. The lowest BCUT2D eigenvalue weighted by Gasteiger charge is -2.27. The van der Waals surface area contributed by atoms with E-state index in [1.165, 1.54) is 0 Å². The minimum atomic E-state index is -0.0592. The fraction of sp³-hybridized carbons (Fsp3) is 0.300. The Bertz CT molecular complexity index is 945. The highest BCUT2D eigenvalue weighted by atomic mass is 16.5. The molecule has 128 valence electrons. The molecule has 5 nitrogen and oxygen atoms in total. The summed E-state index contributed by atoms with van der Waals surface area (Å²) in [6.07, 6.45) is 0.968. The number of nitrogens with one attached hydrogen (secondary N) is 1. The number of carbonyl (C=O) groups is 1. The molecule has 1 atom stereocenters. The molecule has 2 aromatic carbocycles. The average Bonchev–Trinajstić information content (AvgIpc) is 2.97. The number of aryl methyl sites for hydroxylation is 2. The van der Waals surface area contributed by atoms with Crippen molar-refractivity contribution in [3.63, 3.8) is 0 Å². The maximum Gasteiger partial charge on any atom is 0.226 e. The van der Waals surface area contributed by atoms with Crippen LogP contribution in [-0.2, 0) is 11.2 Å². The molecule has 0 spiro atoms. The maximum atomic E-state index is 12.6. The van der Waals surface area contributed by atoms with Crippen LogP contribution in [0.15, 0.2) is 40.9 Å². The minimum absolute atomic E-state index is 0.0314. The monoisotopic (exact) mass is 336 g/mol. The van der Waals surface area contributed by atoms with Crippen molar-refractivity contribution in [2.24, 2.45) is 0 Å². The van der Waals surface area contributed by atoms with Crippen LogP contribution in [-0.4, -0.2) is 17.7 Å². The zero-order chi connectivity index (χ0) is 17.4. The molecule has 0 saturated heterocycles. The molecule has 25 heavy (non-hydrogen) atoms. The predicted molar refractivity (Wildman–Crippen MR) is 94.6 cm³/mol. The van der Waals surface area contributed by atoms with Gasteiger partial charge in [-0.3, -0.25) is 4.79 Å². The summed E-state index contributed by atoms with van der Waals surface area (Å²) in [6, 6.07) is 11.9. The fourth-order valence-electron chi connectivity index (χ4n) is 3.29. The van der Waals surface area contributed by atoms with Crippen LogP contribution in [0.4, 0.5) is 0 Å². The number of rotatable bonds is 3. The van der Waals surface area contributed by atoms with Gasteiger partial charge in [-0.1, -0.05) is 34.5 Å². The molecule has 1 amide bonds. The lowest BCUT2D eigenvalue weighted by atomic mass is 9.98. The molecule has 1 aliphatic rings. The Hall–Kier alpha value is -2.82. The second-order valence-electron chi connectivity index (χ2n) is 6.60. The summed E-state index contributed by atoms with van der Waals surface area (Å²) < 4.78 is 11.0. The van der Waals surface area contributed by atoms with Crippen LogP contribution in [0.3, 0.4) is 0 Å². The Balaban J connectivity index is 1.53. The molecule has 2 heterocycles. The van der Waals surface area contributed by atoms with Crippen LogP contribution in [0.25, 0.3) is 11.0 Å². The van der Waals surface area contributed by atoms with Crippen LogP contribution in [0.2, 0.25) is 0 Å². The van der Waals surface area contributed by atoms with Crippen molar-refractivity contribution in [1.82, 2.24) is 10.5 Å². The number of ether oxygens (including phenoxy) is 1. The lowest BCUT2D eigenvalue weighted by Crippen LogP contribution is -2.33. The molecule has 3 aromatic rings. The SMILES string of the molecule is Cc1ccc2c(c1)C(NC(=O)Cc1noc3ccc(C)cc13)CCO2. The molecule has 0 bridgehead atoms. The Morgan fingerprint density at radius 1 is 1.20 bits per heavy atom. The van der Waals surface area contributed by atoms with Gasteiger partial charge in [-0.25, -0.2) is 0 Å². The van der Waals surface area contributed by atoms with E-state index < -0.39 is 0 Å². The number of hydrogen-bond donors (Lipinski definition) is 1. The second kappa shape index (κ2) is 6.24. The molecule has 0 aliphatic carbocycles. The van der Waals surface area contributed by atoms with E-state index in [-0.39, 0.29) is 18.4 Å². The number of hydrogen-bond acceptors (Lipinski definition) is 4. The van der Waals surface area contributed by atoms with E-state index in [1.807, 2.05) is 44.2 Å².